The fraction of sp³-hybridized carbons (Fsp3) is 0.0164. The summed E-state index contributed by atoms with van der Waals surface area (Å²) in [5.74, 6) is 1.39. The van der Waals surface area contributed by atoms with Gasteiger partial charge >= 0.3 is 0 Å². The van der Waals surface area contributed by atoms with Gasteiger partial charge in [-0.2, -0.15) is 4.99 Å². The molecule has 0 amide bonds. The number of hydrogen-bond acceptors (Lipinski definition) is 3. The number of nitrogens with one attached hydrogen (secondary N) is 1. The Hall–Kier alpha value is -8.80. The van der Waals surface area contributed by atoms with Gasteiger partial charge in [0.2, 0.25) is 5.96 Å². The van der Waals surface area contributed by atoms with Crippen molar-refractivity contribution in [3.63, 3.8) is 0 Å². The van der Waals surface area contributed by atoms with E-state index in [9.17, 15) is 0 Å². The van der Waals surface area contributed by atoms with Crippen LogP contribution in [0.5, 0.6) is 0 Å². The molecule has 2 aromatic heterocycles. The van der Waals surface area contributed by atoms with E-state index in [2.05, 4.69) is 245 Å². The van der Waals surface area contributed by atoms with Gasteiger partial charge in [0.15, 0.2) is 0 Å². The van der Waals surface area contributed by atoms with E-state index in [0.717, 1.165) is 72.0 Å². The first-order valence-electron chi connectivity index (χ1n) is 22.5. The smallest absolute Gasteiger partial charge is 0.234 e. The quantitative estimate of drug-likeness (QED) is 0.178. The highest BCUT2D eigenvalue weighted by Crippen LogP contribution is 2.45. The zero-order valence-corrected chi connectivity index (χ0v) is 35.9. The molecule has 310 valence electrons. The van der Waals surface area contributed by atoms with E-state index >= 15 is 0 Å². The van der Waals surface area contributed by atoms with E-state index in [1.165, 1.54) is 38.4 Å². The normalized spacial score (nSPS) is 13.9. The molecular weight excluding hydrogens is 803 g/mol. The van der Waals surface area contributed by atoms with Crippen LogP contribution in [0.4, 0.5) is 0 Å². The standard InChI is InChI=1S/C61H41N5/c1-4-17-40(18-5-1)42-31-34-45(35-32-42)60-62-59(44-22-8-3-9-23-44)63-61(64-60)66-54-29-15-13-26-50(54)52-38-37-51-49-25-12-14-28-53(49)65(57(51)58(52)66)55-30-16-27-48(56(55)43-20-6-2-7-21-43)47-36-33-41-19-10-11-24-46(41)39-47/h1-39,60H,(H,62,63,64). The lowest BCUT2D eigenvalue weighted by Gasteiger charge is -2.25. The summed E-state index contributed by atoms with van der Waals surface area (Å²) in [6.07, 6.45) is -0.401. The maximum absolute atomic E-state index is 5.55. The van der Waals surface area contributed by atoms with E-state index in [1.807, 2.05) is 6.07 Å². The Morgan fingerprint density at radius 3 is 1.62 bits per heavy atom. The molecular formula is C61H41N5. The Bertz CT molecular complexity index is 3880. The zero-order chi connectivity index (χ0) is 43.6. The van der Waals surface area contributed by atoms with E-state index < -0.39 is 6.17 Å². The SMILES string of the molecule is c1ccc(C2=NC(n3c4ccccc4c4ccc5c6ccccc6n(-c6cccc(-c7ccc8ccccc8c7)c6-c6ccccc6)c5c43)=NC(c3ccc(-c4ccccc4)cc3)N2)cc1. The van der Waals surface area contributed by atoms with E-state index in [0.29, 0.717) is 5.96 Å². The highest BCUT2D eigenvalue weighted by Gasteiger charge is 2.28. The Balaban J connectivity index is 1.11. The maximum Gasteiger partial charge on any atom is 0.234 e. The second-order valence-corrected chi connectivity index (χ2v) is 17.0. The molecule has 1 unspecified atom stereocenters. The predicted octanol–water partition coefficient (Wildman–Crippen LogP) is 15.0. The summed E-state index contributed by atoms with van der Waals surface area (Å²) in [5.41, 5.74) is 14.5. The first-order valence-corrected chi connectivity index (χ1v) is 22.5. The summed E-state index contributed by atoms with van der Waals surface area (Å²) in [6.45, 7) is 0. The van der Waals surface area contributed by atoms with Gasteiger partial charge in [-0.1, -0.05) is 212 Å². The second-order valence-electron chi connectivity index (χ2n) is 17.0. The molecule has 5 heteroatoms. The third kappa shape index (κ3) is 6.16. The lowest BCUT2D eigenvalue weighted by atomic mass is 9.91. The minimum Gasteiger partial charge on any atom is -0.344 e. The summed E-state index contributed by atoms with van der Waals surface area (Å²) in [7, 11) is 0. The van der Waals surface area contributed by atoms with E-state index in [-0.39, 0.29) is 0 Å². The largest absolute Gasteiger partial charge is 0.344 e. The maximum atomic E-state index is 5.55. The second kappa shape index (κ2) is 15.5. The molecule has 5 nitrogen and oxygen atoms in total. The Morgan fingerprint density at radius 2 is 0.924 bits per heavy atom. The Morgan fingerprint density at radius 1 is 0.379 bits per heavy atom. The molecule has 0 saturated carbocycles. The topological polar surface area (TPSA) is 46.6 Å². The summed E-state index contributed by atoms with van der Waals surface area (Å²) >= 11 is 0. The van der Waals surface area contributed by atoms with Gasteiger partial charge < -0.3 is 9.88 Å². The molecule has 3 heterocycles. The van der Waals surface area contributed by atoms with Crippen molar-refractivity contribution in [2.45, 2.75) is 6.17 Å². The number of amidine groups is 1. The summed E-state index contributed by atoms with van der Waals surface area (Å²) < 4.78 is 4.81. The van der Waals surface area contributed by atoms with Gasteiger partial charge in [-0.15, -0.1) is 0 Å². The lowest BCUT2D eigenvalue weighted by molar-refractivity contribution is 0.668. The van der Waals surface area contributed by atoms with Crippen molar-refractivity contribution >= 4 is 66.2 Å². The summed E-state index contributed by atoms with van der Waals surface area (Å²) in [4.78, 5) is 11.0. The molecule has 13 rings (SSSR count). The molecule has 1 aliphatic rings. The van der Waals surface area contributed by atoms with Gasteiger partial charge in [0.25, 0.3) is 0 Å². The Labute approximate surface area is 381 Å². The van der Waals surface area contributed by atoms with Crippen LogP contribution in [0.2, 0.25) is 0 Å². The Kier molecular flexibility index (Phi) is 8.84. The fourth-order valence-corrected chi connectivity index (χ4v) is 10.1. The van der Waals surface area contributed by atoms with Crippen molar-refractivity contribution in [1.29, 1.82) is 0 Å². The number of aliphatic imine (C=N–C) groups is 2. The minimum atomic E-state index is -0.401. The van der Waals surface area contributed by atoms with Crippen molar-refractivity contribution < 1.29 is 0 Å². The van der Waals surface area contributed by atoms with Crippen LogP contribution in [-0.4, -0.2) is 20.9 Å². The van der Waals surface area contributed by atoms with Crippen LogP contribution in [-0.2, 0) is 0 Å². The summed E-state index contributed by atoms with van der Waals surface area (Å²) in [5, 5.41) is 10.8. The van der Waals surface area contributed by atoms with Crippen molar-refractivity contribution in [2.24, 2.45) is 9.98 Å². The van der Waals surface area contributed by atoms with E-state index in [4.69, 9.17) is 9.98 Å². The average molecular weight is 844 g/mol. The number of aromatic nitrogens is 2. The number of fused-ring (bicyclic) bond motifs is 8. The van der Waals surface area contributed by atoms with Crippen LogP contribution in [0.1, 0.15) is 17.3 Å². The molecule has 1 atom stereocenters. The zero-order valence-electron chi connectivity index (χ0n) is 35.9. The number of hydrogen-bond donors (Lipinski definition) is 1. The predicted molar refractivity (Wildman–Crippen MR) is 276 cm³/mol. The minimum absolute atomic E-state index is 0.401. The highest BCUT2D eigenvalue weighted by atomic mass is 15.3. The van der Waals surface area contributed by atoms with Crippen LogP contribution in [0.25, 0.3) is 93.5 Å². The van der Waals surface area contributed by atoms with E-state index in [1.54, 1.807) is 0 Å². The van der Waals surface area contributed by atoms with Gasteiger partial charge in [-0.25, -0.2) is 4.99 Å². The molecule has 10 aromatic carbocycles. The van der Waals surface area contributed by atoms with Crippen molar-refractivity contribution in [3.8, 4) is 39.1 Å². The monoisotopic (exact) mass is 843 g/mol. The van der Waals surface area contributed by atoms with Gasteiger partial charge in [0.05, 0.1) is 27.8 Å². The molecule has 12 aromatic rings. The van der Waals surface area contributed by atoms with Crippen molar-refractivity contribution in [1.82, 2.24) is 14.5 Å². The molecule has 66 heavy (non-hydrogen) atoms. The average Bonchev–Trinajstić information content (AvgIpc) is 3.92. The fourth-order valence-electron chi connectivity index (χ4n) is 10.1. The van der Waals surface area contributed by atoms with Gasteiger partial charge in [0, 0.05) is 32.7 Å². The van der Waals surface area contributed by atoms with Crippen LogP contribution >= 0.6 is 0 Å². The molecule has 1 N–H and O–H groups in total. The van der Waals surface area contributed by atoms with Gasteiger partial charge in [-0.05, 0) is 68.4 Å². The molecule has 0 aliphatic carbocycles. The molecule has 0 bridgehead atoms. The van der Waals surface area contributed by atoms with Crippen LogP contribution in [0, 0.1) is 0 Å². The first-order chi connectivity index (χ1) is 32.7. The number of rotatable bonds is 6. The molecule has 0 fully saturated rings. The van der Waals surface area contributed by atoms with Crippen molar-refractivity contribution in [2.75, 3.05) is 0 Å². The first kappa shape index (κ1) is 37.7. The number of benzene rings is 10. The van der Waals surface area contributed by atoms with Gasteiger partial charge in [0.1, 0.15) is 12.0 Å². The van der Waals surface area contributed by atoms with Gasteiger partial charge in [-0.3, -0.25) is 4.57 Å². The number of nitrogens with zero attached hydrogens (tertiary/aromatic N) is 4. The number of para-hydroxylation sites is 2. The molecule has 0 radical (unpaired) electrons. The molecule has 0 saturated heterocycles. The van der Waals surface area contributed by atoms with Crippen molar-refractivity contribution in [3.05, 3.63) is 248 Å². The van der Waals surface area contributed by atoms with Crippen LogP contribution < -0.4 is 5.32 Å². The third-order valence-corrected chi connectivity index (χ3v) is 13.2. The van der Waals surface area contributed by atoms with Crippen LogP contribution in [0.15, 0.2) is 247 Å². The van der Waals surface area contributed by atoms with Crippen LogP contribution in [0.3, 0.4) is 0 Å². The lowest BCUT2D eigenvalue weighted by Crippen LogP contribution is -2.35. The third-order valence-electron chi connectivity index (χ3n) is 13.2. The highest BCUT2D eigenvalue weighted by molar-refractivity contribution is 6.27. The molecule has 1 aliphatic heterocycles. The summed E-state index contributed by atoms with van der Waals surface area (Å²) in [6, 6.07) is 84.8. The molecule has 0 spiro atoms.